The summed E-state index contributed by atoms with van der Waals surface area (Å²) < 4.78 is 0. The van der Waals surface area contributed by atoms with Crippen molar-refractivity contribution in [2.45, 2.75) is 26.7 Å². The molecule has 3 nitrogen and oxygen atoms in total. The number of benzene rings is 1. The molecule has 0 saturated heterocycles. The Morgan fingerprint density at radius 1 is 1.30 bits per heavy atom. The molecule has 0 aliphatic heterocycles. The summed E-state index contributed by atoms with van der Waals surface area (Å²) in [6.07, 6.45) is 1.78. The van der Waals surface area contributed by atoms with Crippen molar-refractivity contribution >= 4 is 22.4 Å². The van der Waals surface area contributed by atoms with Crippen LogP contribution in [0.15, 0.2) is 36.5 Å². The van der Waals surface area contributed by atoms with Gasteiger partial charge < -0.3 is 5.32 Å². The Bertz CT molecular complexity index is 633. The number of thiazole rings is 1. The van der Waals surface area contributed by atoms with Crippen molar-refractivity contribution in [2.24, 2.45) is 11.3 Å². The first-order chi connectivity index (χ1) is 9.50. The van der Waals surface area contributed by atoms with Gasteiger partial charge in [0, 0.05) is 17.0 Å². The van der Waals surface area contributed by atoms with Crippen molar-refractivity contribution in [3.05, 3.63) is 47.0 Å². The molecule has 20 heavy (non-hydrogen) atoms. The van der Waals surface area contributed by atoms with Gasteiger partial charge in [0.15, 0.2) is 5.13 Å². The third kappa shape index (κ3) is 2.24. The summed E-state index contributed by atoms with van der Waals surface area (Å²) in [5.74, 6) is 0.400. The van der Waals surface area contributed by atoms with Gasteiger partial charge in [-0.2, -0.15) is 0 Å². The molecule has 2 aromatic rings. The van der Waals surface area contributed by atoms with E-state index in [1.54, 1.807) is 6.20 Å². The van der Waals surface area contributed by atoms with E-state index in [1.807, 2.05) is 25.1 Å². The normalized spacial score (nSPS) is 23.4. The van der Waals surface area contributed by atoms with Crippen molar-refractivity contribution in [1.82, 2.24) is 4.98 Å². The average Bonchev–Trinajstić information content (AvgIpc) is 2.75. The maximum atomic E-state index is 12.4. The lowest BCUT2D eigenvalue weighted by atomic mass is 10.0. The average molecular weight is 286 g/mol. The molecule has 1 aromatic carbocycles. The highest BCUT2D eigenvalue weighted by Gasteiger charge is 2.62. The predicted octanol–water partition coefficient (Wildman–Crippen LogP) is 3.83. The third-order valence-electron chi connectivity index (χ3n) is 4.12. The van der Waals surface area contributed by atoms with Crippen molar-refractivity contribution in [2.75, 3.05) is 5.32 Å². The summed E-state index contributed by atoms with van der Waals surface area (Å²) in [6, 6.07) is 10.3. The molecule has 2 unspecified atom stereocenters. The maximum Gasteiger partial charge on any atom is 0.230 e. The van der Waals surface area contributed by atoms with Gasteiger partial charge in [-0.15, -0.1) is 11.3 Å². The molecule has 1 heterocycles. The molecular weight excluding hydrogens is 268 g/mol. The van der Waals surface area contributed by atoms with Crippen molar-refractivity contribution < 1.29 is 4.79 Å². The fraction of sp³-hybridized carbons (Fsp3) is 0.375. The van der Waals surface area contributed by atoms with E-state index in [0.717, 1.165) is 4.88 Å². The number of hydrogen-bond acceptors (Lipinski definition) is 3. The summed E-state index contributed by atoms with van der Waals surface area (Å²) in [5.41, 5.74) is 1.26. The van der Waals surface area contributed by atoms with Gasteiger partial charge in [0.1, 0.15) is 0 Å². The zero-order valence-electron chi connectivity index (χ0n) is 11.9. The monoisotopic (exact) mass is 286 g/mol. The zero-order valence-corrected chi connectivity index (χ0v) is 12.7. The van der Waals surface area contributed by atoms with Gasteiger partial charge in [0.05, 0.1) is 5.92 Å². The van der Waals surface area contributed by atoms with Gasteiger partial charge in [-0.05, 0) is 17.9 Å². The van der Waals surface area contributed by atoms with Crippen LogP contribution in [0.1, 0.15) is 30.2 Å². The van der Waals surface area contributed by atoms with Crippen molar-refractivity contribution in [3.63, 3.8) is 0 Å². The van der Waals surface area contributed by atoms with E-state index in [4.69, 9.17) is 0 Å². The summed E-state index contributed by atoms with van der Waals surface area (Å²) in [5, 5.41) is 3.64. The lowest BCUT2D eigenvalue weighted by molar-refractivity contribution is -0.118. The van der Waals surface area contributed by atoms with E-state index in [0.29, 0.717) is 11.0 Å². The Morgan fingerprint density at radius 2 is 2.00 bits per heavy atom. The Balaban J connectivity index is 1.76. The molecule has 1 aliphatic rings. The standard InChI is InChI=1S/C16H18N2OS/c1-10-9-17-15(20-10)18-14(19)13-12(16(13,2)3)11-7-5-4-6-8-11/h4-9,12-13H,1-3H3,(H,17,18,19). The van der Waals surface area contributed by atoms with Crippen LogP contribution in [0, 0.1) is 18.3 Å². The number of rotatable bonds is 3. The Labute approximate surface area is 123 Å². The molecule has 0 spiro atoms. The van der Waals surface area contributed by atoms with Crippen LogP contribution in [-0.4, -0.2) is 10.9 Å². The van der Waals surface area contributed by atoms with Gasteiger partial charge in [-0.3, -0.25) is 4.79 Å². The van der Waals surface area contributed by atoms with Crippen LogP contribution in [0.25, 0.3) is 0 Å². The van der Waals surface area contributed by atoms with Crippen molar-refractivity contribution in [1.29, 1.82) is 0 Å². The fourth-order valence-electron chi connectivity index (χ4n) is 3.01. The van der Waals surface area contributed by atoms with Gasteiger partial charge >= 0.3 is 0 Å². The Morgan fingerprint density at radius 3 is 2.60 bits per heavy atom. The SMILES string of the molecule is Cc1cnc(NC(=O)C2C(c3ccccc3)C2(C)C)s1. The molecule has 1 saturated carbocycles. The summed E-state index contributed by atoms with van der Waals surface area (Å²) >= 11 is 1.52. The highest BCUT2D eigenvalue weighted by atomic mass is 32.1. The zero-order chi connectivity index (χ0) is 14.3. The van der Waals surface area contributed by atoms with E-state index in [1.165, 1.54) is 16.9 Å². The number of hydrogen-bond donors (Lipinski definition) is 1. The van der Waals surface area contributed by atoms with Crippen LogP contribution in [-0.2, 0) is 4.79 Å². The largest absolute Gasteiger partial charge is 0.302 e. The van der Waals surface area contributed by atoms with Gasteiger partial charge in [-0.1, -0.05) is 44.2 Å². The summed E-state index contributed by atoms with van der Waals surface area (Å²) in [6.45, 7) is 6.30. The fourth-order valence-corrected chi connectivity index (χ4v) is 3.67. The topological polar surface area (TPSA) is 42.0 Å². The number of anilines is 1. The first-order valence-corrected chi connectivity index (χ1v) is 7.60. The third-order valence-corrected chi connectivity index (χ3v) is 4.95. The van der Waals surface area contributed by atoms with Crippen molar-refractivity contribution in [3.8, 4) is 0 Å². The van der Waals surface area contributed by atoms with Crippen LogP contribution in [0.2, 0.25) is 0 Å². The minimum atomic E-state index is 0.0116. The summed E-state index contributed by atoms with van der Waals surface area (Å²) in [4.78, 5) is 17.7. The minimum Gasteiger partial charge on any atom is -0.302 e. The van der Waals surface area contributed by atoms with Crippen LogP contribution in [0.3, 0.4) is 0 Å². The molecule has 4 heteroatoms. The quantitative estimate of drug-likeness (QED) is 0.931. The van der Waals surface area contributed by atoms with E-state index < -0.39 is 0 Å². The molecule has 1 N–H and O–H groups in total. The molecular formula is C16H18N2OS. The number of amides is 1. The number of carbonyl (C=O) groups is 1. The number of carbonyl (C=O) groups excluding carboxylic acids is 1. The number of nitrogens with zero attached hydrogens (tertiary/aromatic N) is 1. The molecule has 1 amide bonds. The molecule has 1 fully saturated rings. The van der Waals surface area contributed by atoms with Gasteiger partial charge in [0.25, 0.3) is 0 Å². The van der Waals surface area contributed by atoms with Crippen LogP contribution >= 0.6 is 11.3 Å². The molecule has 3 rings (SSSR count). The molecule has 2 atom stereocenters. The summed E-state index contributed by atoms with van der Waals surface area (Å²) in [7, 11) is 0. The number of aromatic nitrogens is 1. The molecule has 1 aromatic heterocycles. The first kappa shape index (κ1) is 13.3. The number of nitrogens with one attached hydrogen (secondary N) is 1. The minimum absolute atomic E-state index is 0.0116. The van der Waals surface area contributed by atoms with Crippen LogP contribution in [0.5, 0.6) is 0 Å². The van der Waals surface area contributed by atoms with Crippen LogP contribution in [0.4, 0.5) is 5.13 Å². The highest BCUT2D eigenvalue weighted by Crippen LogP contribution is 2.64. The second-order valence-corrected chi connectivity index (χ2v) is 7.19. The smallest absolute Gasteiger partial charge is 0.230 e. The van der Waals surface area contributed by atoms with E-state index in [9.17, 15) is 4.79 Å². The molecule has 1 aliphatic carbocycles. The maximum absolute atomic E-state index is 12.4. The molecule has 104 valence electrons. The molecule has 0 bridgehead atoms. The van der Waals surface area contributed by atoms with Crippen LogP contribution < -0.4 is 5.32 Å². The second kappa shape index (κ2) is 4.70. The second-order valence-electron chi connectivity index (χ2n) is 5.95. The van der Waals surface area contributed by atoms with Gasteiger partial charge in [0.2, 0.25) is 5.91 Å². The first-order valence-electron chi connectivity index (χ1n) is 6.78. The van der Waals surface area contributed by atoms with E-state index in [2.05, 4.69) is 36.3 Å². The number of aryl methyl sites for hydroxylation is 1. The predicted molar refractivity (Wildman–Crippen MR) is 81.9 cm³/mol. The van der Waals surface area contributed by atoms with E-state index in [-0.39, 0.29) is 17.2 Å². The Kier molecular flexibility index (Phi) is 3.13. The highest BCUT2D eigenvalue weighted by molar-refractivity contribution is 7.15. The van der Waals surface area contributed by atoms with E-state index >= 15 is 0 Å². The lowest BCUT2D eigenvalue weighted by Crippen LogP contribution is -2.16. The molecule has 0 radical (unpaired) electrons. The lowest BCUT2D eigenvalue weighted by Gasteiger charge is -2.02. The Hall–Kier alpha value is -1.68. The van der Waals surface area contributed by atoms with Gasteiger partial charge in [-0.25, -0.2) is 4.98 Å².